The van der Waals surface area contributed by atoms with E-state index in [4.69, 9.17) is 0 Å². The van der Waals surface area contributed by atoms with Gasteiger partial charge in [0.15, 0.2) is 0 Å². The Bertz CT molecular complexity index is 1220. The molecule has 10 heteroatoms. The van der Waals surface area contributed by atoms with Crippen LogP contribution in [0.1, 0.15) is 0 Å². The maximum atomic E-state index is 13.9. The van der Waals surface area contributed by atoms with Crippen molar-refractivity contribution in [2.75, 3.05) is 26.2 Å². The zero-order valence-electron chi connectivity index (χ0n) is 15.3. The van der Waals surface area contributed by atoms with Crippen LogP contribution in [-0.4, -0.2) is 53.6 Å². The summed E-state index contributed by atoms with van der Waals surface area (Å²) in [6, 6.07) is 9.52. The van der Waals surface area contributed by atoms with E-state index in [1.165, 1.54) is 4.68 Å². The third-order valence-electron chi connectivity index (χ3n) is 4.94. The van der Waals surface area contributed by atoms with Crippen molar-refractivity contribution in [1.29, 1.82) is 0 Å². The summed E-state index contributed by atoms with van der Waals surface area (Å²) in [5, 5.41) is 5.49. The highest BCUT2D eigenvalue weighted by molar-refractivity contribution is 7.89. The lowest BCUT2D eigenvalue weighted by atomic mass is 10.2. The average molecular weight is 420 g/mol. The van der Waals surface area contributed by atoms with Crippen molar-refractivity contribution in [2.45, 2.75) is 11.6 Å². The largest absolute Gasteiger partial charge is 0.282 e. The van der Waals surface area contributed by atoms with Gasteiger partial charge in [0.1, 0.15) is 16.5 Å². The smallest absolute Gasteiger partial charge is 0.275 e. The number of fused-ring (bicyclic) bond motifs is 1. The van der Waals surface area contributed by atoms with Crippen molar-refractivity contribution in [3.05, 3.63) is 70.6 Å². The van der Waals surface area contributed by atoms with Gasteiger partial charge in [-0.3, -0.25) is 9.69 Å². The van der Waals surface area contributed by atoms with Crippen molar-refractivity contribution in [3.63, 3.8) is 0 Å². The molecule has 1 aromatic heterocycles. The van der Waals surface area contributed by atoms with Crippen LogP contribution < -0.4 is 5.56 Å². The van der Waals surface area contributed by atoms with E-state index in [2.05, 4.69) is 5.10 Å². The van der Waals surface area contributed by atoms with Crippen LogP contribution in [0.4, 0.5) is 8.78 Å². The molecule has 2 heterocycles. The molecule has 1 aliphatic heterocycles. The van der Waals surface area contributed by atoms with Gasteiger partial charge in [-0.1, -0.05) is 18.2 Å². The Balaban J connectivity index is 1.48. The molecule has 0 saturated carbocycles. The maximum Gasteiger partial charge on any atom is 0.275 e. The fourth-order valence-electron chi connectivity index (χ4n) is 3.34. The van der Waals surface area contributed by atoms with E-state index >= 15 is 0 Å². The zero-order valence-corrected chi connectivity index (χ0v) is 16.1. The van der Waals surface area contributed by atoms with Gasteiger partial charge < -0.3 is 0 Å². The molecular weight excluding hydrogens is 402 g/mol. The molecule has 0 unspecified atom stereocenters. The van der Waals surface area contributed by atoms with Crippen LogP contribution in [-0.2, 0) is 16.7 Å². The highest BCUT2D eigenvalue weighted by Gasteiger charge is 2.31. The van der Waals surface area contributed by atoms with E-state index in [-0.39, 0.29) is 25.3 Å². The molecule has 3 aromatic rings. The van der Waals surface area contributed by atoms with E-state index in [1.54, 1.807) is 18.3 Å². The molecule has 0 radical (unpaired) electrons. The third-order valence-corrected chi connectivity index (χ3v) is 6.85. The summed E-state index contributed by atoms with van der Waals surface area (Å²) in [6.45, 7) is 1.07. The van der Waals surface area contributed by atoms with E-state index in [1.807, 2.05) is 17.0 Å². The number of rotatable bonds is 4. The van der Waals surface area contributed by atoms with Gasteiger partial charge in [0, 0.05) is 31.6 Å². The Morgan fingerprint density at radius 2 is 1.72 bits per heavy atom. The highest BCUT2D eigenvalue weighted by Crippen LogP contribution is 2.21. The molecule has 0 N–H and O–H groups in total. The standard InChI is InChI=1S/C19H18F2N4O3S/c20-15-5-6-17(21)18(11-15)29(27,28)24-9-7-23(8-10-24)13-25-19(26)16-4-2-1-3-14(16)12-22-25/h1-6,11-12H,7-10,13H2. The minimum absolute atomic E-state index is 0.0978. The van der Waals surface area contributed by atoms with E-state index in [9.17, 15) is 22.0 Å². The number of hydrogen-bond acceptors (Lipinski definition) is 5. The number of benzene rings is 2. The second kappa shape index (κ2) is 7.62. The Morgan fingerprint density at radius 1 is 1.00 bits per heavy atom. The van der Waals surface area contributed by atoms with Crippen molar-refractivity contribution >= 4 is 20.8 Å². The van der Waals surface area contributed by atoms with Gasteiger partial charge in [-0.25, -0.2) is 21.9 Å². The summed E-state index contributed by atoms with van der Waals surface area (Å²) in [6.07, 6.45) is 1.62. The quantitative estimate of drug-likeness (QED) is 0.642. The van der Waals surface area contributed by atoms with E-state index < -0.39 is 26.6 Å². The molecular formula is C19H18F2N4O3S. The molecule has 0 bridgehead atoms. The first kappa shape index (κ1) is 19.6. The first-order chi connectivity index (χ1) is 13.9. The molecule has 152 valence electrons. The monoisotopic (exact) mass is 420 g/mol. The van der Waals surface area contributed by atoms with Gasteiger partial charge in [0.25, 0.3) is 5.56 Å². The minimum atomic E-state index is -4.14. The van der Waals surface area contributed by atoms with Crippen molar-refractivity contribution in [2.24, 2.45) is 0 Å². The lowest BCUT2D eigenvalue weighted by Gasteiger charge is -2.33. The molecule has 29 heavy (non-hydrogen) atoms. The van der Waals surface area contributed by atoms with Gasteiger partial charge in [-0.05, 0) is 24.3 Å². The summed E-state index contributed by atoms with van der Waals surface area (Å²) >= 11 is 0. The van der Waals surface area contributed by atoms with Gasteiger partial charge in [0.2, 0.25) is 10.0 Å². The molecule has 4 rings (SSSR count). The Kier molecular flexibility index (Phi) is 5.15. The lowest BCUT2D eigenvalue weighted by molar-refractivity contribution is 0.143. The number of nitrogens with zero attached hydrogens (tertiary/aromatic N) is 4. The topological polar surface area (TPSA) is 75.5 Å². The molecule has 0 spiro atoms. The van der Waals surface area contributed by atoms with Crippen molar-refractivity contribution in [1.82, 2.24) is 19.0 Å². The summed E-state index contributed by atoms with van der Waals surface area (Å²) in [4.78, 5) is 13.8. The molecule has 1 saturated heterocycles. The van der Waals surface area contributed by atoms with Crippen LogP contribution >= 0.6 is 0 Å². The molecule has 7 nitrogen and oxygen atoms in total. The van der Waals surface area contributed by atoms with Crippen LogP contribution in [0, 0.1) is 11.6 Å². The average Bonchev–Trinajstić information content (AvgIpc) is 2.72. The lowest BCUT2D eigenvalue weighted by Crippen LogP contribution is -2.50. The summed E-state index contributed by atoms with van der Waals surface area (Å²) in [5.41, 5.74) is -0.222. The van der Waals surface area contributed by atoms with E-state index in [0.717, 1.165) is 21.8 Å². The number of aromatic nitrogens is 2. The Hall–Kier alpha value is -2.69. The van der Waals surface area contributed by atoms with Crippen molar-refractivity contribution < 1.29 is 17.2 Å². The second-order valence-corrected chi connectivity index (χ2v) is 8.68. The first-order valence-electron chi connectivity index (χ1n) is 8.99. The first-order valence-corrected chi connectivity index (χ1v) is 10.4. The van der Waals surface area contributed by atoms with Crippen LogP contribution in [0.15, 0.2) is 58.4 Å². The van der Waals surface area contributed by atoms with Crippen LogP contribution in [0.25, 0.3) is 10.8 Å². The Labute approximate surface area is 165 Å². The van der Waals surface area contributed by atoms with Gasteiger partial charge in [-0.15, -0.1) is 0 Å². The summed E-state index contributed by atoms with van der Waals surface area (Å²) in [7, 11) is -4.14. The SMILES string of the molecule is O=c1c2ccccc2cnn1CN1CCN(S(=O)(=O)c2cc(F)ccc2F)CC1. The summed E-state index contributed by atoms with van der Waals surface area (Å²) < 4.78 is 55.1. The van der Waals surface area contributed by atoms with Crippen LogP contribution in [0.2, 0.25) is 0 Å². The highest BCUT2D eigenvalue weighted by atomic mass is 32.2. The molecule has 2 aromatic carbocycles. The van der Waals surface area contributed by atoms with Gasteiger partial charge >= 0.3 is 0 Å². The van der Waals surface area contributed by atoms with Crippen LogP contribution in [0.5, 0.6) is 0 Å². The van der Waals surface area contributed by atoms with Crippen molar-refractivity contribution in [3.8, 4) is 0 Å². The summed E-state index contributed by atoms with van der Waals surface area (Å²) in [5.74, 6) is -1.80. The normalized spacial score (nSPS) is 16.3. The van der Waals surface area contributed by atoms with Crippen LogP contribution in [0.3, 0.4) is 0 Å². The third kappa shape index (κ3) is 3.78. The zero-order chi connectivity index (χ0) is 20.6. The molecule has 1 fully saturated rings. The van der Waals surface area contributed by atoms with Gasteiger partial charge in [0.05, 0.1) is 18.3 Å². The predicted molar refractivity (Wildman–Crippen MR) is 103 cm³/mol. The minimum Gasteiger partial charge on any atom is -0.282 e. The number of halogens is 2. The molecule has 1 aliphatic rings. The molecule has 0 atom stereocenters. The molecule has 0 amide bonds. The maximum absolute atomic E-state index is 13.9. The number of piperazine rings is 1. The van der Waals surface area contributed by atoms with E-state index in [0.29, 0.717) is 24.5 Å². The molecule has 0 aliphatic carbocycles. The number of sulfonamides is 1. The number of hydrogen-bond donors (Lipinski definition) is 0. The fraction of sp³-hybridized carbons (Fsp3) is 0.263. The Morgan fingerprint density at radius 3 is 2.48 bits per heavy atom. The van der Waals surface area contributed by atoms with Gasteiger partial charge in [-0.2, -0.15) is 9.40 Å². The fourth-order valence-corrected chi connectivity index (χ4v) is 4.84. The second-order valence-electron chi connectivity index (χ2n) is 6.77. The predicted octanol–water partition coefficient (Wildman–Crippen LogP) is 1.64.